The molecule has 94 valence electrons. The maximum atomic E-state index is 10.4. The Kier molecular flexibility index (Phi) is 3.79. The fourth-order valence-electron chi connectivity index (χ4n) is 1.75. The van der Waals surface area contributed by atoms with E-state index in [1.807, 2.05) is 6.92 Å². The molecule has 0 radical (unpaired) electrons. The van der Waals surface area contributed by atoms with Crippen LogP contribution in [-0.4, -0.2) is 22.2 Å². The number of methoxy groups -OCH3 is 1. The molecule has 5 heteroatoms. The van der Waals surface area contributed by atoms with Crippen molar-refractivity contribution in [3.63, 3.8) is 0 Å². The van der Waals surface area contributed by atoms with Crippen molar-refractivity contribution in [2.75, 3.05) is 7.11 Å². The van der Waals surface area contributed by atoms with Crippen molar-refractivity contribution in [3.8, 4) is 5.88 Å². The number of ether oxygens (including phenoxy) is 1. The van der Waals surface area contributed by atoms with Crippen LogP contribution in [0.1, 0.15) is 22.9 Å². The van der Waals surface area contributed by atoms with Gasteiger partial charge < -0.3 is 9.84 Å². The quantitative estimate of drug-likeness (QED) is 0.926. The molecule has 0 saturated carbocycles. The third kappa shape index (κ3) is 2.30. The molecule has 1 N–H and O–H groups in total. The summed E-state index contributed by atoms with van der Waals surface area (Å²) in [6.45, 7) is 1.85. The first-order valence-electron chi connectivity index (χ1n) is 5.43. The number of aliphatic hydroxyl groups is 1. The van der Waals surface area contributed by atoms with Crippen LogP contribution in [0.25, 0.3) is 0 Å². The molecule has 0 aliphatic heterocycles. The van der Waals surface area contributed by atoms with Crippen LogP contribution >= 0.6 is 11.6 Å². The molecule has 0 spiro atoms. The van der Waals surface area contributed by atoms with Gasteiger partial charge in [0, 0.05) is 17.4 Å². The van der Waals surface area contributed by atoms with Crippen molar-refractivity contribution < 1.29 is 9.84 Å². The lowest BCUT2D eigenvalue weighted by molar-refractivity contribution is 0.207. The summed E-state index contributed by atoms with van der Waals surface area (Å²) in [5, 5.41) is 11.0. The fraction of sp³-hybridized carbons (Fsp3) is 0.231. The first-order valence-corrected chi connectivity index (χ1v) is 5.81. The molecular weight excluding hydrogens is 252 g/mol. The van der Waals surface area contributed by atoms with E-state index >= 15 is 0 Å². The Morgan fingerprint density at radius 3 is 2.72 bits per heavy atom. The van der Waals surface area contributed by atoms with E-state index in [4.69, 9.17) is 16.3 Å². The van der Waals surface area contributed by atoms with Gasteiger partial charge in [-0.3, -0.25) is 4.98 Å². The van der Waals surface area contributed by atoms with E-state index in [2.05, 4.69) is 9.97 Å². The van der Waals surface area contributed by atoms with Crippen molar-refractivity contribution in [2.45, 2.75) is 13.0 Å². The van der Waals surface area contributed by atoms with Gasteiger partial charge in [-0.25, -0.2) is 4.98 Å². The van der Waals surface area contributed by atoms with Crippen LogP contribution < -0.4 is 4.74 Å². The number of hydrogen-bond donors (Lipinski definition) is 1. The SMILES string of the molecule is COc1nccnc1C(O)c1cccc(Cl)c1C. The molecule has 2 rings (SSSR count). The Labute approximate surface area is 110 Å². The number of rotatable bonds is 3. The number of hydrogen-bond acceptors (Lipinski definition) is 4. The van der Waals surface area contributed by atoms with Gasteiger partial charge in [0.15, 0.2) is 0 Å². The molecule has 1 aromatic heterocycles. The van der Waals surface area contributed by atoms with Crippen molar-refractivity contribution in [1.82, 2.24) is 9.97 Å². The fourth-order valence-corrected chi connectivity index (χ4v) is 1.93. The van der Waals surface area contributed by atoms with E-state index in [0.717, 1.165) is 5.56 Å². The number of nitrogens with zero attached hydrogens (tertiary/aromatic N) is 2. The summed E-state index contributed by atoms with van der Waals surface area (Å²) >= 11 is 6.04. The summed E-state index contributed by atoms with van der Waals surface area (Å²) < 4.78 is 5.09. The van der Waals surface area contributed by atoms with E-state index in [1.165, 1.54) is 19.5 Å². The second-order valence-corrected chi connectivity index (χ2v) is 4.21. The average Bonchev–Trinajstić information content (AvgIpc) is 2.41. The number of aromatic nitrogens is 2. The average molecular weight is 265 g/mol. The molecule has 0 fully saturated rings. The Morgan fingerprint density at radius 2 is 2.00 bits per heavy atom. The number of halogens is 1. The van der Waals surface area contributed by atoms with Gasteiger partial charge in [-0.2, -0.15) is 0 Å². The summed E-state index contributed by atoms with van der Waals surface area (Å²) in [7, 11) is 1.49. The molecule has 4 nitrogen and oxygen atoms in total. The predicted molar refractivity (Wildman–Crippen MR) is 68.8 cm³/mol. The zero-order valence-electron chi connectivity index (χ0n) is 10.1. The normalized spacial score (nSPS) is 12.2. The highest BCUT2D eigenvalue weighted by Crippen LogP contribution is 2.30. The van der Waals surface area contributed by atoms with Gasteiger partial charge in [0.25, 0.3) is 0 Å². The molecule has 1 atom stereocenters. The van der Waals surface area contributed by atoms with Crippen LogP contribution in [0.2, 0.25) is 5.02 Å². The molecule has 0 bridgehead atoms. The van der Waals surface area contributed by atoms with E-state index in [0.29, 0.717) is 22.2 Å². The second kappa shape index (κ2) is 5.33. The first-order chi connectivity index (χ1) is 8.65. The summed E-state index contributed by atoms with van der Waals surface area (Å²) in [4.78, 5) is 8.13. The lowest BCUT2D eigenvalue weighted by Crippen LogP contribution is -2.07. The predicted octanol–water partition coefficient (Wildman–Crippen LogP) is 2.53. The monoisotopic (exact) mass is 264 g/mol. The molecule has 0 aliphatic rings. The van der Waals surface area contributed by atoms with E-state index in [1.54, 1.807) is 18.2 Å². The topological polar surface area (TPSA) is 55.2 Å². The highest BCUT2D eigenvalue weighted by atomic mass is 35.5. The smallest absolute Gasteiger partial charge is 0.238 e. The molecule has 0 saturated heterocycles. The Morgan fingerprint density at radius 1 is 1.28 bits per heavy atom. The van der Waals surface area contributed by atoms with Crippen LogP contribution in [0.4, 0.5) is 0 Å². The molecule has 0 aliphatic carbocycles. The van der Waals surface area contributed by atoms with Crippen LogP contribution in [0.3, 0.4) is 0 Å². The van der Waals surface area contributed by atoms with Crippen molar-refractivity contribution in [2.24, 2.45) is 0 Å². The molecule has 0 amide bonds. The summed E-state index contributed by atoms with van der Waals surface area (Å²) in [6.07, 6.45) is 2.12. The van der Waals surface area contributed by atoms with E-state index < -0.39 is 6.10 Å². The maximum absolute atomic E-state index is 10.4. The zero-order chi connectivity index (χ0) is 13.1. The minimum absolute atomic E-state index is 0.310. The van der Waals surface area contributed by atoms with E-state index in [9.17, 15) is 5.11 Å². The Balaban J connectivity index is 2.48. The summed E-state index contributed by atoms with van der Waals surface area (Å²) in [5.74, 6) is 0.310. The first kappa shape index (κ1) is 12.8. The molecule has 18 heavy (non-hydrogen) atoms. The van der Waals surface area contributed by atoms with Crippen LogP contribution in [-0.2, 0) is 0 Å². The lowest BCUT2D eigenvalue weighted by Gasteiger charge is -2.15. The third-order valence-corrected chi connectivity index (χ3v) is 3.16. The van der Waals surface area contributed by atoms with Gasteiger partial charge in [-0.1, -0.05) is 23.7 Å². The zero-order valence-corrected chi connectivity index (χ0v) is 10.8. The highest BCUT2D eigenvalue weighted by molar-refractivity contribution is 6.31. The van der Waals surface area contributed by atoms with Gasteiger partial charge in [-0.05, 0) is 24.1 Å². The maximum Gasteiger partial charge on any atom is 0.238 e. The van der Waals surface area contributed by atoms with Crippen LogP contribution in [0.15, 0.2) is 30.6 Å². The highest BCUT2D eigenvalue weighted by Gasteiger charge is 2.20. The van der Waals surface area contributed by atoms with Gasteiger partial charge >= 0.3 is 0 Å². The second-order valence-electron chi connectivity index (χ2n) is 3.81. The number of benzene rings is 1. The van der Waals surface area contributed by atoms with E-state index in [-0.39, 0.29) is 0 Å². The minimum Gasteiger partial charge on any atom is -0.480 e. The molecule has 2 aromatic rings. The third-order valence-electron chi connectivity index (χ3n) is 2.75. The molecule has 1 heterocycles. The van der Waals surface area contributed by atoms with Crippen molar-refractivity contribution >= 4 is 11.6 Å². The molecular formula is C13H13ClN2O2. The number of aliphatic hydroxyl groups excluding tert-OH is 1. The minimum atomic E-state index is -0.910. The lowest BCUT2D eigenvalue weighted by atomic mass is 10.0. The molecule has 1 unspecified atom stereocenters. The van der Waals surface area contributed by atoms with Crippen molar-refractivity contribution in [3.05, 3.63) is 52.4 Å². The summed E-state index contributed by atoms with van der Waals surface area (Å²) in [6, 6.07) is 5.37. The van der Waals surface area contributed by atoms with Gasteiger partial charge in [-0.15, -0.1) is 0 Å². The van der Waals surface area contributed by atoms with Gasteiger partial charge in [0.2, 0.25) is 5.88 Å². The largest absolute Gasteiger partial charge is 0.480 e. The van der Waals surface area contributed by atoms with Crippen molar-refractivity contribution in [1.29, 1.82) is 0 Å². The summed E-state index contributed by atoms with van der Waals surface area (Å²) in [5.41, 5.74) is 1.89. The van der Waals surface area contributed by atoms with Gasteiger partial charge in [0.1, 0.15) is 11.8 Å². The Bertz CT molecular complexity index is 560. The van der Waals surface area contributed by atoms with Crippen LogP contribution in [0, 0.1) is 6.92 Å². The van der Waals surface area contributed by atoms with Crippen LogP contribution in [0.5, 0.6) is 5.88 Å². The standard InChI is InChI=1S/C13H13ClN2O2/c1-8-9(4-3-5-10(8)14)12(17)11-13(18-2)16-7-6-15-11/h3-7,12,17H,1-2H3. The van der Waals surface area contributed by atoms with Gasteiger partial charge in [0.05, 0.1) is 7.11 Å². The Hall–Kier alpha value is -1.65. The molecule has 1 aromatic carbocycles.